The van der Waals surface area contributed by atoms with Gasteiger partial charge in [0.2, 0.25) is 5.91 Å². The molecule has 1 fully saturated rings. The molecule has 1 saturated carbocycles. The van der Waals surface area contributed by atoms with Crippen molar-refractivity contribution in [2.24, 2.45) is 11.8 Å². The van der Waals surface area contributed by atoms with E-state index in [4.69, 9.17) is 16.7 Å². The van der Waals surface area contributed by atoms with Crippen LogP contribution in [-0.4, -0.2) is 21.7 Å². The standard InChI is InChI=1S/C25H30ClN3O/c1-17-8-6-11-22(18(17)2)27-24(30)12-7-15-29-23-14-13-20(26)16-21(23)25(28-29)19-9-4-3-5-10-19/h3-5,9-10,13-14,16-18,22H,6-8,11-12,15H2,1-2H3,(H,27,30)/t17-,18+,22+/m1/s1. The Bertz CT molecular complexity index is 1010. The highest BCUT2D eigenvalue weighted by Gasteiger charge is 2.27. The van der Waals surface area contributed by atoms with Crippen LogP contribution in [0, 0.1) is 11.8 Å². The van der Waals surface area contributed by atoms with Crippen molar-refractivity contribution in [3.8, 4) is 11.3 Å². The molecule has 158 valence electrons. The molecule has 5 heteroatoms. The number of aryl methyl sites for hydroxylation is 1. The molecule has 1 aliphatic carbocycles. The molecule has 1 aromatic heterocycles. The monoisotopic (exact) mass is 423 g/mol. The van der Waals surface area contributed by atoms with E-state index in [0.717, 1.165) is 35.0 Å². The molecule has 1 aliphatic rings. The van der Waals surface area contributed by atoms with Crippen LogP contribution in [-0.2, 0) is 11.3 Å². The van der Waals surface area contributed by atoms with E-state index >= 15 is 0 Å². The van der Waals surface area contributed by atoms with Gasteiger partial charge >= 0.3 is 0 Å². The zero-order valence-corrected chi connectivity index (χ0v) is 18.5. The fraction of sp³-hybridized carbons (Fsp3) is 0.440. The Hall–Kier alpha value is -2.33. The van der Waals surface area contributed by atoms with Gasteiger partial charge in [0.05, 0.1) is 5.52 Å². The van der Waals surface area contributed by atoms with Gasteiger partial charge in [-0.3, -0.25) is 9.48 Å². The van der Waals surface area contributed by atoms with Crippen molar-refractivity contribution >= 4 is 28.4 Å². The molecule has 2 aromatic carbocycles. The maximum Gasteiger partial charge on any atom is 0.220 e. The number of hydrogen-bond acceptors (Lipinski definition) is 2. The summed E-state index contributed by atoms with van der Waals surface area (Å²) < 4.78 is 2.01. The molecule has 0 aliphatic heterocycles. The van der Waals surface area contributed by atoms with Gasteiger partial charge in [0, 0.05) is 35.0 Å². The Morgan fingerprint density at radius 2 is 1.97 bits per heavy atom. The smallest absolute Gasteiger partial charge is 0.220 e. The second-order valence-electron chi connectivity index (χ2n) is 8.64. The molecule has 4 nitrogen and oxygen atoms in total. The highest BCUT2D eigenvalue weighted by atomic mass is 35.5. The van der Waals surface area contributed by atoms with Crippen molar-refractivity contribution in [1.82, 2.24) is 15.1 Å². The summed E-state index contributed by atoms with van der Waals surface area (Å²) in [6.07, 6.45) is 4.86. The maximum atomic E-state index is 12.5. The van der Waals surface area contributed by atoms with Crippen molar-refractivity contribution < 1.29 is 4.79 Å². The first-order valence-corrected chi connectivity index (χ1v) is 11.4. The maximum absolute atomic E-state index is 12.5. The van der Waals surface area contributed by atoms with Crippen LogP contribution in [0.1, 0.15) is 46.0 Å². The number of nitrogens with zero attached hydrogens (tertiary/aromatic N) is 2. The number of fused-ring (bicyclic) bond motifs is 1. The Kier molecular flexibility index (Phi) is 6.43. The summed E-state index contributed by atoms with van der Waals surface area (Å²) in [6.45, 7) is 5.26. The van der Waals surface area contributed by atoms with Gasteiger partial charge in [0.15, 0.2) is 0 Å². The number of aromatic nitrogens is 2. The molecular weight excluding hydrogens is 394 g/mol. The summed E-state index contributed by atoms with van der Waals surface area (Å²) in [7, 11) is 0. The first kappa shape index (κ1) is 20.9. The lowest BCUT2D eigenvalue weighted by atomic mass is 9.78. The van der Waals surface area contributed by atoms with E-state index in [9.17, 15) is 4.79 Å². The largest absolute Gasteiger partial charge is 0.353 e. The van der Waals surface area contributed by atoms with Crippen LogP contribution in [0.2, 0.25) is 5.02 Å². The van der Waals surface area contributed by atoms with Crippen LogP contribution < -0.4 is 5.32 Å². The normalized spacial score (nSPS) is 21.6. The van der Waals surface area contributed by atoms with Crippen molar-refractivity contribution in [2.75, 3.05) is 0 Å². The van der Waals surface area contributed by atoms with Crippen molar-refractivity contribution in [1.29, 1.82) is 0 Å². The van der Waals surface area contributed by atoms with Crippen LogP contribution in [0.3, 0.4) is 0 Å². The van der Waals surface area contributed by atoms with Crippen LogP contribution >= 0.6 is 11.6 Å². The van der Waals surface area contributed by atoms with Crippen molar-refractivity contribution in [3.05, 3.63) is 53.6 Å². The minimum atomic E-state index is 0.156. The number of halogens is 1. The number of amides is 1. The lowest BCUT2D eigenvalue weighted by Crippen LogP contribution is -2.43. The molecule has 0 bridgehead atoms. The first-order chi connectivity index (χ1) is 14.5. The molecule has 3 atom stereocenters. The number of benzene rings is 2. The molecule has 3 aromatic rings. The van der Waals surface area contributed by atoms with Crippen molar-refractivity contribution in [2.45, 2.75) is 58.5 Å². The molecule has 0 saturated heterocycles. The predicted molar refractivity (Wildman–Crippen MR) is 124 cm³/mol. The zero-order valence-electron chi connectivity index (χ0n) is 17.8. The Balaban J connectivity index is 1.44. The van der Waals surface area contributed by atoms with E-state index < -0.39 is 0 Å². The summed E-state index contributed by atoms with van der Waals surface area (Å²) in [5, 5.41) is 9.88. The van der Waals surface area contributed by atoms with Gasteiger partial charge in [-0.15, -0.1) is 0 Å². The summed E-state index contributed by atoms with van der Waals surface area (Å²) in [4.78, 5) is 12.5. The van der Waals surface area contributed by atoms with Crippen molar-refractivity contribution in [3.63, 3.8) is 0 Å². The number of carbonyl (C=O) groups is 1. The number of hydrogen-bond donors (Lipinski definition) is 1. The lowest BCUT2D eigenvalue weighted by molar-refractivity contribution is -0.122. The Labute approximate surface area is 183 Å². The fourth-order valence-electron chi connectivity index (χ4n) is 4.59. The third-order valence-corrected chi connectivity index (χ3v) is 6.82. The first-order valence-electron chi connectivity index (χ1n) is 11.0. The molecule has 1 amide bonds. The quantitative estimate of drug-likeness (QED) is 0.522. The molecule has 0 unspecified atom stereocenters. The van der Waals surface area contributed by atoms with Crippen LogP contribution in [0.4, 0.5) is 0 Å². The summed E-state index contributed by atoms with van der Waals surface area (Å²) in [5.74, 6) is 1.39. The third-order valence-electron chi connectivity index (χ3n) is 6.59. The highest BCUT2D eigenvalue weighted by Crippen LogP contribution is 2.31. The van der Waals surface area contributed by atoms with Gasteiger partial charge < -0.3 is 5.32 Å². The second-order valence-corrected chi connectivity index (χ2v) is 9.08. The minimum Gasteiger partial charge on any atom is -0.353 e. The van der Waals surface area contributed by atoms with E-state index in [1.807, 2.05) is 41.1 Å². The van der Waals surface area contributed by atoms with E-state index in [0.29, 0.717) is 35.9 Å². The van der Waals surface area contributed by atoms with E-state index in [1.54, 1.807) is 0 Å². The average Bonchev–Trinajstić information content (AvgIpc) is 3.10. The summed E-state index contributed by atoms with van der Waals surface area (Å²) in [6, 6.07) is 16.4. The summed E-state index contributed by atoms with van der Waals surface area (Å²) >= 11 is 6.26. The second kappa shape index (κ2) is 9.22. The van der Waals surface area contributed by atoms with Crippen LogP contribution in [0.5, 0.6) is 0 Å². The highest BCUT2D eigenvalue weighted by molar-refractivity contribution is 6.31. The molecule has 0 radical (unpaired) electrons. The molecule has 1 heterocycles. The fourth-order valence-corrected chi connectivity index (χ4v) is 4.76. The molecule has 4 rings (SSSR count). The molecular formula is C25H30ClN3O. The van der Waals surface area contributed by atoms with Gasteiger partial charge in [-0.1, -0.05) is 68.6 Å². The number of nitrogens with one attached hydrogen (secondary N) is 1. The van der Waals surface area contributed by atoms with Gasteiger partial charge in [-0.25, -0.2) is 0 Å². The average molecular weight is 424 g/mol. The van der Waals surface area contributed by atoms with Gasteiger partial charge in [0.1, 0.15) is 5.69 Å². The summed E-state index contributed by atoms with van der Waals surface area (Å²) in [5.41, 5.74) is 3.05. The molecule has 1 N–H and O–H groups in total. The van der Waals surface area contributed by atoms with E-state index in [1.165, 1.54) is 12.8 Å². The van der Waals surface area contributed by atoms with Gasteiger partial charge in [0.25, 0.3) is 0 Å². The lowest BCUT2D eigenvalue weighted by Gasteiger charge is -2.34. The number of carbonyl (C=O) groups excluding carboxylic acids is 1. The number of rotatable bonds is 6. The molecule has 0 spiro atoms. The Morgan fingerprint density at radius 1 is 1.17 bits per heavy atom. The van der Waals surface area contributed by atoms with E-state index in [2.05, 4.69) is 31.3 Å². The van der Waals surface area contributed by atoms with Crippen LogP contribution in [0.15, 0.2) is 48.5 Å². The van der Waals surface area contributed by atoms with Gasteiger partial charge in [-0.2, -0.15) is 5.10 Å². The van der Waals surface area contributed by atoms with E-state index in [-0.39, 0.29) is 5.91 Å². The van der Waals surface area contributed by atoms with Crippen LogP contribution in [0.25, 0.3) is 22.2 Å². The SMILES string of the molecule is C[C@H]1[C@H](C)CCC[C@@H]1NC(=O)CCCn1nc(-c2ccccc2)c2cc(Cl)ccc21. The zero-order chi connectivity index (χ0) is 21.1. The topological polar surface area (TPSA) is 46.9 Å². The molecule has 30 heavy (non-hydrogen) atoms. The third kappa shape index (κ3) is 4.54. The minimum absolute atomic E-state index is 0.156. The Morgan fingerprint density at radius 3 is 2.77 bits per heavy atom. The van der Waals surface area contributed by atoms with Gasteiger partial charge in [-0.05, 0) is 42.9 Å². The predicted octanol–water partition coefficient (Wildman–Crippen LogP) is 6.08.